The number of carbonyl (C=O) groups is 1. The second-order valence-electron chi connectivity index (χ2n) is 7.77. The van der Waals surface area contributed by atoms with Crippen molar-refractivity contribution in [2.75, 3.05) is 5.75 Å². The number of benzene rings is 2. The second-order valence-corrected chi connectivity index (χ2v) is 9.55. The lowest BCUT2D eigenvalue weighted by Crippen LogP contribution is -2.19. The lowest BCUT2D eigenvalue weighted by molar-refractivity contribution is -0.118. The Morgan fingerprint density at radius 2 is 1.74 bits per heavy atom. The lowest BCUT2D eigenvalue weighted by atomic mass is 10.1. The Labute approximate surface area is 197 Å². The SMILES string of the molecule is Cc1ccc(CSCC(=O)N/N=C\c2c(Br)c(C)n(-c3ccc(C)c(C)c3)c2C)cc1. The molecule has 0 saturated carbocycles. The topological polar surface area (TPSA) is 46.4 Å². The first-order valence-corrected chi connectivity index (χ1v) is 12.1. The highest BCUT2D eigenvalue weighted by Gasteiger charge is 2.16. The van der Waals surface area contributed by atoms with Gasteiger partial charge in [-0.1, -0.05) is 35.9 Å². The molecule has 1 amide bonds. The molecule has 0 aliphatic heterocycles. The van der Waals surface area contributed by atoms with Gasteiger partial charge in [0.2, 0.25) is 5.91 Å². The Balaban J connectivity index is 1.63. The lowest BCUT2D eigenvalue weighted by Gasteiger charge is -2.11. The standard InChI is InChI=1S/C25H28BrN3OS/c1-16-6-9-21(10-7-16)14-31-15-24(30)28-27-13-23-19(4)29(20(5)25(23)26)22-11-8-17(2)18(3)12-22/h6-13H,14-15H2,1-5H3,(H,28,30)/b27-13-. The third kappa shape index (κ3) is 5.69. The number of hydrazone groups is 1. The van der Waals surface area contributed by atoms with Crippen LogP contribution in [0, 0.1) is 34.6 Å². The van der Waals surface area contributed by atoms with Crippen LogP contribution in [-0.2, 0) is 10.5 Å². The summed E-state index contributed by atoms with van der Waals surface area (Å²) in [6, 6.07) is 14.8. The van der Waals surface area contributed by atoms with E-state index in [4.69, 9.17) is 0 Å². The molecule has 0 aliphatic carbocycles. The van der Waals surface area contributed by atoms with Crippen molar-refractivity contribution >= 4 is 39.8 Å². The van der Waals surface area contributed by atoms with Gasteiger partial charge in [-0.25, -0.2) is 5.43 Å². The number of aromatic nitrogens is 1. The Kier molecular flexibility index (Phi) is 7.79. The zero-order valence-electron chi connectivity index (χ0n) is 18.6. The number of nitrogens with one attached hydrogen (secondary N) is 1. The van der Waals surface area contributed by atoms with Crippen LogP contribution in [0.5, 0.6) is 0 Å². The minimum atomic E-state index is -0.104. The van der Waals surface area contributed by atoms with Crippen LogP contribution in [0.2, 0.25) is 0 Å². The first-order chi connectivity index (χ1) is 14.8. The maximum absolute atomic E-state index is 12.1. The maximum Gasteiger partial charge on any atom is 0.250 e. The van der Waals surface area contributed by atoms with Crippen molar-refractivity contribution in [3.8, 4) is 5.69 Å². The number of halogens is 1. The molecule has 6 heteroatoms. The van der Waals surface area contributed by atoms with E-state index in [1.165, 1.54) is 22.3 Å². The van der Waals surface area contributed by atoms with Gasteiger partial charge in [0, 0.05) is 32.9 Å². The molecule has 31 heavy (non-hydrogen) atoms. The number of rotatable bonds is 7. The zero-order chi connectivity index (χ0) is 22.5. The van der Waals surface area contributed by atoms with Crippen LogP contribution in [0.15, 0.2) is 52.0 Å². The fourth-order valence-corrected chi connectivity index (χ4v) is 4.72. The highest BCUT2D eigenvalue weighted by Crippen LogP contribution is 2.30. The molecule has 3 rings (SSSR count). The van der Waals surface area contributed by atoms with Gasteiger partial charge in [0.25, 0.3) is 0 Å². The summed E-state index contributed by atoms with van der Waals surface area (Å²) in [6.07, 6.45) is 1.71. The number of amides is 1. The number of carbonyl (C=O) groups excluding carboxylic acids is 1. The summed E-state index contributed by atoms with van der Waals surface area (Å²) in [4.78, 5) is 12.1. The summed E-state index contributed by atoms with van der Waals surface area (Å²) in [7, 11) is 0. The zero-order valence-corrected chi connectivity index (χ0v) is 21.0. The van der Waals surface area contributed by atoms with Crippen molar-refractivity contribution in [1.82, 2.24) is 9.99 Å². The van der Waals surface area contributed by atoms with Crippen molar-refractivity contribution in [2.45, 2.75) is 40.4 Å². The van der Waals surface area contributed by atoms with Crippen LogP contribution in [0.3, 0.4) is 0 Å². The summed E-state index contributed by atoms with van der Waals surface area (Å²) >= 11 is 5.27. The molecule has 0 unspecified atom stereocenters. The smallest absolute Gasteiger partial charge is 0.250 e. The van der Waals surface area contributed by atoms with Gasteiger partial charge in [-0.05, 0) is 79.4 Å². The van der Waals surface area contributed by atoms with Crippen molar-refractivity contribution in [1.29, 1.82) is 0 Å². The van der Waals surface area contributed by atoms with Crippen molar-refractivity contribution < 1.29 is 4.79 Å². The van der Waals surface area contributed by atoms with Gasteiger partial charge in [0.05, 0.1) is 12.0 Å². The molecule has 1 aromatic heterocycles. The molecule has 1 heterocycles. The number of thioether (sulfide) groups is 1. The number of hydrogen-bond acceptors (Lipinski definition) is 3. The Morgan fingerprint density at radius 3 is 2.42 bits per heavy atom. The fourth-order valence-electron chi connectivity index (χ4n) is 3.37. The van der Waals surface area contributed by atoms with E-state index >= 15 is 0 Å². The average molecular weight is 498 g/mol. The van der Waals surface area contributed by atoms with Crippen LogP contribution in [0.25, 0.3) is 5.69 Å². The third-order valence-corrected chi connectivity index (χ3v) is 7.37. The molecule has 3 aromatic rings. The molecule has 162 valence electrons. The first kappa shape index (κ1) is 23.4. The number of hydrogen-bond donors (Lipinski definition) is 1. The highest BCUT2D eigenvalue weighted by molar-refractivity contribution is 9.10. The van der Waals surface area contributed by atoms with E-state index < -0.39 is 0 Å². The Bertz CT molecular complexity index is 1120. The molecule has 0 aliphatic rings. The Hall–Kier alpha value is -2.31. The van der Waals surface area contributed by atoms with Crippen LogP contribution < -0.4 is 5.43 Å². The van der Waals surface area contributed by atoms with Crippen LogP contribution in [0.1, 0.15) is 39.2 Å². The summed E-state index contributed by atoms with van der Waals surface area (Å²) in [5.41, 5.74) is 11.9. The molecule has 4 nitrogen and oxygen atoms in total. The first-order valence-electron chi connectivity index (χ1n) is 10.2. The van der Waals surface area contributed by atoms with E-state index in [2.05, 4.69) is 108 Å². The Morgan fingerprint density at radius 1 is 1.03 bits per heavy atom. The van der Waals surface area contributed by atoms with Gasteiger partial charge in [-0.2, -0.15) is 5.10 Å². The molecule has 0 saturated heterocycles. The molecular weight excluding hydrogens is 470 g/mol. The predicted molar refractivity (Wildman–Crippen MR) is 135 cm³/mol. The molecular formula is C25H28BrN3OS. The molecule has 0 bridgehead atoms. The number of nitrogens with zero attached hydrogens (tertiary/aromatic N) is 2. The van der Waals surface area contributed by atoms with Gasteiger partial charge in [-0.3, -0.25) is 4.79 Å². The van der Waals surface area contributed by atoms with Crippen LogP contribution in [-0.4, -0.2) is 22.4 Å². The van der Waals surface area contributed by atoms with Gasteiger partial charge in [0.15, 0.2) is 0 Å². The van der Waals surface area contributed by atoms with Crippen molar-refractivity contribution in [2.24, 2.45) is 5.10 Å². The van der Waals surface area contributed by atoms with Crippen molar-refractivity contribution in [3.05, 3.63) is 86.1 Å². The summed E-state index contributed by atoms with van der Waals surface area (Å²) in [5, 5.41) is 4.20. The van der Waals surface area contributed by atoms with Crippen LogP contribution >= 0.6 is 27.7 Å². The van der Waals surface area contributed by atoms with Gasteiger partial charge < -0.3 is 4.57 Å². The van der Waals surface area contributed by atoms with E-state index in [9.17, 15) is 4.79 Å². The molecule has 0 spiro atoms. The maximum atomic E-state index is 12.1. The molecule has 1 N–H and O–H groups in total. The normalized spacial score (nSPS) is 11.3. The molecule has 2 aromatic carbocycles. The van der Waals surface area contributed by atoms with E-state index in [-0.39, 0.29) is 5.91 Å². The van der Waals surface area contributed by atoms with E-state index in [1.54, 1.807) is 18.0 Å². The van der Waals surface area contributed by atoms with Gasteiger partial charge in [0.1, 0.15) is 0 Å². The summed E-state index contributed by atoms with van der Waals surface area (Å²) in [5.74, 6) is 1.07. The molecule has 0 fully saturated rings. The van der Waals surface area contributed by atoms with E-state index in [0.29, 0.717) is 5.75 Å². The molecule has 0 atom stereocenters. The quantitative estimate of drug-likeness (QED) is 0.313. The summed E-state index contributed by atoms with van der Waals surface area (Å²) < 4.78 is 3.19. The van der Waals surface area contributed by atoms with Crippen LogP contribution in [0.4, 0.5) is 0 Å². The average Bonchev–Trinajstić information content (AvgIpc) is 2.95. The highest BCUT2D eigenvalue weighted by atomic mass is 79.9. The van der Waals surface area contributed by atoms with Gasteiger partial charge >= 0.3 is 0 Å². The molecule has 0 radical (unpaired) electrons. The summed E-state index contributed by atoms with van der Waals surface area (Å²) in [6.45, 7) is 10.4. The third-order valence-electron chi connectivity index (χ3n) is 5.37. The minimum Gasteiger partial charge on any atom is -0.317 e. The van der Waals surface area contributed by atoms with Crippen molar-refractivity contribution in [3.63, 3.8) is 0 Å². The van der Waals surface area contributed by atoms with Gasteiger partial charge in [-0.15, -0.1) is 11.8 Å². The minimum absolute atomic E-state index is 0.104. The second kappa shape index (κ2) is 10.3. The number of aryl methyl sites for hydroxylation is 3. The monoisotopic (exact) mass is 497 g/mol. The largest absolute Gasteiger partial charge is 0.317 e. The van der Waals surface area contributed by atoms with E-state index in [0.717, 1.165) is 32.9 Å². The predicted octanol–water partition coefficient (Wildman–Crippen LogP) is 6.17. The van der Waals surface area contributed by atoms with E-state index in [1.807, 2.05) is 0 Å². The fraction of sp³-hybridized carbons (Fsp3) is 0.280.